The molecule has 0 saturated heterocycles. The van der Waals surface area contributed by atoms with E-state index in [9.17, 15) is 4.79 Å². The first-order valence-electron chi connectivity index (χ1n) is 7.42. The van der Waals surface area contributed by atoms with Crippen molar-refractivity contribution < 1.29 is 9.53 Å². The minimum absolute atomic E-state index is 0.00996. The minimum Gasteiger partial charge on any atom is -0.482 e. The average Bonchev–Trinajstić information content (AvgIpc) is 2.89. The number of carbonyl (C=O) groups excluding carboxylic acids is 1. The molecule has 0 spiro atoms. The lowest BCUT2D eigenvalue weighted by atomic mass is 9.93. The Morgan fingerprint density at radius 2 is 2.30 bits per heavy atom. The van der Waals surface area contributed by atoms with Gasteiger partial charge in [-0.1, -0.05) is 23.2 Å². The summed E-state index contributed by atoms with van der Waals surface area (Å²) in [4.78, 5) is 12.1. The molecular formula is C16H17Cl2N3O2. The van der Waals surface area contributed by atoms with Crippen LogP contribution in [0.25, 0.3) is 0 Å². The van der Waals surface area contributed by atoms with Gasteiger partial charge in [-0.3, -0.25) is 9.48 Å². The van der Waals surface area contributed by atoms with Crippen LogP contribution in [0.3, 0.4) is 0 Å². The van der Waals surface area contributed by atoms with E-state index in [1.54, 1.807) is 18.2 Å². The Morgan fingerprint density at radius 3 is 3.09 bits per heavy atom. The molecule has 1 N–H and O–H groups in total. The van der Waals surface area contributed by atoms with E-state index in [-0.39, 0.29) is 18.6 Å². The van der Waals surface area contributed by atoms with Crippen LogP contribution in [0.15, 0.2) is 24.4 Å². The molecule has 1 aliphatic carbocycles. The van der Waals surface area contributed by atoms with Gasteiger partial charge in [-0.2, -0.15) is 5.10 Å². The molecule has 23 heavy (non-hydrogen) atoms. The van der Waals surface area contributed by atoms with Crippen LogP contribution in [0.4, 0.5) is 0 Å². The molecular weight excluding hydrogens is 337 g/mol. The topological polar surface area (TPSA) is 56.2 Å². The summed E-state index contributed by atoms with van der Waals surface area (Å²) in [6.07, 6.45) is 4.76. The van der Waals surface area contributed by atoms with Gasteiger partial charge in [0.05, 0.1) is 17.3 Å². The van der Waals surface area contributed by atoms with E-state index in [0.717, 1.165) is 24.8 Å². The molecule has 2 aromatic rings. The number of ether oxygens (including phenoxy) is 1. The summed E-state index contributed by atoms with van der Waals surface area (Å²) >= 11 is 11.9. The maximum absolute atomic E-state index is 12.1. The predicted molar refractivity (Wildman–Crippen MR) is 89.0 cm³/mol. The molecule has 3 rings (SSSR count). The lowest BCUT2D eigenvalue weighted by Gasteiger charge is -2.23. The molecule has 1 atom stereocenters. The monoisotopic (exact) mass is 353 g/mol. The molecule has 1 heterocycles. The zero-order chi connectivity index (χ0) is 16.4. The van der Waals surface area contributed by atoms with Crippen LogP contribution in [0.2, 0.25) is 10.0 Å². The molecule has 0 fully saturated rings. The molecule has 1 amide bonds. The second-order valence-corrected chi connectivity index (χ2v) is 6.39. The quantitative estimate of drug-likeness (QED) is 0.917. The lowest BCUT2D eigenvalue weighted by Crippen LogP contribution is -2.34. The summed E-state index contributed by atoms with van der Waals surface area (Å²) in [7, 11) is 1.93. The van der Waals surface area contributed by atoms with Crippen LogP contribution in [-0.2, 0) is 18.3 Å². The predicted octanol–water partition coefficient (Wildman–Crippen LogP) is 3.30. The largest absolute Gasteiger partial charge is 0.482 e. The first-order chi connectivity index (χ1) is 11.0. The number of aryl methyl sites for hydroxylation is 1. The molecule has 1 aromatic carbocycles. The number of rotatable bonds is 4. The van der Waals surface area contributed by atoms with Gasteiger partial charge in [0.25, 0.3) is 5.91 Å². The van der Waals surface area contributed by atoms with Crippen molar-refractivity contribution in [3.05, 3.63) is 45.7 Å². The van der Waals surface area contributed by atoms with Crippen molar-refractivity contribution in [3.63, 3.8) is 0 Å². The van der Waals surface area contributed by atoms with E-state index in [1.807, 2.05) is 17.9 Å². The number of nitrogens with zero attached hydrogens (tertiary/aromatic N) is 2. The highest BCUT2D eigenvalue weighted by Crippen LogP contribution is 2.29. The zero-order valence-electron chi connectivity index (χ0n) is 12.7. The van der Waals surface area contributed by atoms with Crippen molar-refractivity contribution >= 4 is 29.1 Å². The molecule has 0 bridgehead atoms. The highest BCUT2D eigenvalue weighted by molar-refractivity contribution is 6.35. The molecule has 1 unspecified atom stereocenters. The Hall–Kier alpha value is -1.72. The van der Waals surface area contributed by atoms with Gasteiger partial charge < -0.3 is 10.1 Å². The van der Waals surface area contributed by atoms with Crippen LogP contribution in [0.1, 0.15) is 30.1 Å². The van der Waals surface area contributed by atoms with E-state index in [1.165, 1.54) is 5.69 Å². The van der Waals surface area contributed by atoms with Gasteiger partial charge in [-0.05, 0) is 37.5 Å². The highest BCUT2D eigenvalue weighted by Gasteiger charge is 2.24. The first-order valence-corrected chi connectivity index (χ1v) is 8.18. The van der Waals surface area contributed by atoms with Gasteiger partial charge in [0.15, 0.2) is 6.61 Å². The van der Waals surface area contributed by atoms with Crippen molar-refractivity contribution in [1.82, 2.24) is 15.1 Å². The van der Waals surface area contributed by atoms with Crippen LogP contribution in [0, 0.1) is 0 Å². The normalized spacial score (nSPS) is 16.7. The van der Waals surface area contributed by atoms with Crippen molar-refractivity contribution in [2.24, 2.45) is 7.05 Å². The van der Waals surface area contributed by atoms with Crippen LogP contribution >= 0.6 is 23.2 Å². The number of nitrogens with one attached hydrogen (secondary N) is 1. The van der Waals surface area contributed by atoms with Gasteiger partial charge in [0.1, 0.15) is 5.75 Å². The van der Waals surface area contributed by atoms with Crippen LogP contribution in [-0.4, -0.2) is 22.3 Å². The van der Waals surface area contributed by atoms with E-state index in [0.29, 0.717) is 15.8 Å². The second-order valence-electron chi connectivity index (χ2n) is 5.55. The summed E-state index contributed by atoms with van der Waals surface area (Å²) in [5, 5.41) is 8.19. The fourth-order valence-electron chi connectivity index (χ4n) is 2.83. The van der Waals surface area contributed by atoms with Gasteiger partial charge in [0.2, 0.25) is 0 Å². The summed E-state index contributed by atoms with van der Waals surface area (Å²) < 4.78 is 7.34. The molecule has 0 radical (unpaired) electrons. The number of hydrogen-bond donors (Lipinski definition) is 1. The van der Waals surface area contributed by atoms with E-state index < -0.39 is 0 Å². The molecule has 1 aliphatic rings. The number of halogens is 2. The Kier molecular flexibility index (Phi) is 4.78. The smallest absolute Gasteiger partial charge is 0.258 e. The third-order valence-corrected chi connectivity index (χ3v) is 4.49. The van der Waals surface area contributed by atoms with Crippen LogP contribution < -0.4 is 10.1 Å². The Labute approximate surface area is 144 Å². The third-order valence-electron chi connectivity index (χ3n) is 3.96. The maximum atomic E-state index is 12.1. The van der Waals surface area contributed by atoms with Crippen molar-refractivity contribution in [3.8, 4) is 5.75 Å². The van der Waals surface area contributed by atoms with Gasteiger partial charge in [-0.25, -0.2) is 0 Å². The third kappa shape index (κ3) is 3.62. The standard InChI is InChI=1S/C16H17Cl2N3O2/c1-21-14-4-2-3-13(11(14)8-19-21)20-16(22)9-23-15-6-5-10(17)7-12(15)18/h5-8,13H,2-4,9H2,1H3,(H,20,22). The number of benzene rings is 1. The van der Waals surface area contributed by atoms with E-state index in [2.05, 4.69) is 10.4 Å². The molecule has 7 heteroatoms. The van der Waals surface area contributed by atoms with E-state index in [4.69, 9.17) is 27.9 Å². The molecule has 0 aliphatic heterocycles. The Balaban J connectivity index is 1.60. The fraction of sp³-hybridized carbons (Fsp3) is 0.375. The van der Waals surface area contributed by atoms with Crippen LogP contribution in [0.5, 0.6) is 5.75 Å². The SMILES string of the molecule is Cn1ncc2c1CCCC2NC(=O)COc1ccc(Cl)cc1Cl. The van der Waals surface area contributed by atoms with Gasteiger partial charge >= 0.3 is 0 Å². The summed E-state index contributed by atoms with van der Waals surface area (Å²) in [6, 6.07) is 4.89. The number of hydrogen-bond acceptors (Lipinski definition) is 3. The zero-order valence-corrected chi connectivity index (χ0v) is 14.2. The van der Waals surface area contributed by atoms with Gasteiger partial charge in [0, 0.05) is 23.3 Å². The molecule has 1 aromatic heterocycles. The molecule has 0 saturated carbocycles. The van der Waals surface area contributed by atoms with Crippen molar-refractivity contribution in [1.29, 1.82) is 0 Å². The molecule has 122 valence electrons. The maximum Gasteiger partial charge on any atom is 0.258 e. The first kappa shape index (κ1) is 16.1. The number of fused-ring (bicyclic) bond motifs is 1. The highest BCUT2D eigenvalue weighted by atomic mass is 35.5. The second kappa shape index (κ2) is 6.81. The van der Waals surface area contributed by atoms with E-state index >= 15 is 0 Å². The summed E-state index contributed by atoms with van der Waals surface area (Å²) in [6.45, 7) is -0.0898. The molecule has 5 nitrogen and oxygen atoms in total. The lowest BCUT2D eigenvalue weighted by molar-refractivity contribution is -0.123. The van der Waals surface area contributed by atoms with Crippen molar-refractivity contribution in [2.75, 3.05) is 6.61 Å². The average molecular weight is 354 g/mol. The van der Waals surface area contributed by atoms with Gasteiger partial charge in [-0.15, -0.1) is 0 Å². The number of carbonyl (C=O) groups is 1. The summed E-state index contributed by atoms with van der Waals surface area (Å²) in [5.74, 6) is 0.259. The minimum atomic E-state index is -0.183. The summed E-state index contributed by atoms with van der Waals surface area (Å²) in [5.41, 5.74) is 2.28. The Morgan fingerprint density at radius 1 is 1.48 bits per heavy atom. The fourth-order valence-corrected chi connectivity index (χ4v) is 3.29. The number of amides is 1. The Bertz CT molecular complexity index is 730. The number of aromatic nitrogens is 2. The van der Waals surface area contributed by atoms with Crippen molar-refractivity contribution in [2.45, 2.75) is 25.3 Å².